The van der Waals surface area contributed by atoms with E-state index in [1.807, 2.05) is 0 Å². The van der Waals surface area contributed by atoms with Gasteiger partial charge in [0.2, 0.25) is 0 Å². The van der Waals surface area contributed by atoms with E-state index in [2.05, 4.69) is 32.0 Å². The molecule has 0 radical (unpaired) electrons. The van der Waals surface area contributed by atoms with Crippen LogP contribution in [0.2, 0.25) is 0 Å². The Morgan fingerprint density at radius 1 is 1.21 bits per heavy atom. The second kappa shape index (κ2) is 5.91. The number of aliphatic carboxylic acids is 1. The van der Waals surface area contributed by atoms with Gasteiger partial charge < -0.3 is 9.84 Å². The first-order valence-electron chi connectivity index (χ1n) is 6.70. The quantitative estimate of drug-likeness (QED) is 0.844. The summed E-state index contributed by atoms with van der Waals surface area (Å²) in [6, 6.07) is 6.23. The smallest absolute Gasteiger partial charge is 0.328 e. The van der Waals surface area contributed by atoms with Crippen molar-refractivity contribution in [2.24, 2.45) is 0 Å². The van der Waals surface area contributed by atoms with Gasteiger partial charge >= 0.3 is 5.97 Å². The fraction of sp³-hybridized carbons (Fsp3) is 0.438. The summed E-state index contributed by atoms with van der Waals surface area (Å²) < 4.78 is 6.00. The zero-order chi connectivity index (χ0) is 13.8. The van der Waals surface area contributed by atoms with Crippen molar-refractivity contribution >= 4 is 5.97 Å². The molecule has 1 aromatic rings. The van der Waals surface area contributed by atoms with Crippen LogP contribution in [0.5, 0.6) is 5.75 Å². The summed E-state index contributed by atoms with van der Waals surface area (Å²) >= 11 is 0. The van der Waals surface area contributed by atoms with Crippen LogP contribution >= 0.6 is 0 Å². The van der Waals surface area contributed by atoms with Crippen molar-refractivity contribution < 1.29 is 14.6 Å². The summed E-state index contributed by atoms with van der Waals surface area (Å²) in [5.74, 6) is 0.0804. The Bertz CT molecular complexity index is 472. The van der Waals surface area contributed by atoms with E-state index in [4.69, 9.17) is 9.84 Å². The van der Waals surface area contributed by atoms with Crippen molar-refractivity contribution in [2.45, 2.75) is 45.6 Å². The highest BCUT2D eigenvalue weighted by Gasteiger charge is 2.18. The Kier molecular flexibility index (Phi) is 4.25. The van der Waals surface area contributed by atoms with Crippen molar-refractivity contribution in [1.82, 2.24) is 0 Å². The Labute approximate surface area is 113 Å². The number of aryl methyl sites for hydroxylation is 2. The first-order valence-corrected chi connectivity index (χ1v) is 6.70. The van der Waals surface area contributed by atoms with Crippen molar-refractivity contribution in [2.75, 3.05) is 0 Å². The molecule has 0 spiro atoms. The lowest BCUT2D eigenvalue weighted by Gasteiger charge is -2.25. The normalized spacial score (nSPS) is 19.1. The first kappa shape index (κ1) is 13.7. The van der Waals surface area contributed by atoms with Gasteiger partial charge in [-0.25, -0.2) is 4.79 Å². The van der Waals surface area contributed by atoms with Gasteiger partial charge in [0.1, 0.15) is 5.75 Å². The topological polar surface area (TPSA) is 46.5 Å². The molecule has 0 heterocycles. The summed E-state index contributed by atoms with van der Waals surface area (Å²) in [6.07, 6.45) is 4.97. The summed E-state index contributed by atoms with van der Waals surface area (Å²) in [5.41, 5.74) is 3.43. The fourth-order valence-corrected chi connectivity index (χ4v) is 2.59. The summed E-state index contributed by atoms with van der Waals surface area (Å²) in [5, 5.41) is 8.72. The molecule has 1 aliphatic rings. The molecule has 1 saturated carbocycles. The second-order valence-corrected chi connectivity index (χ2v) is 5.28. The van der Waals surface area contributed by atoms with Gasteiger partial charge in [0.25, 0.3) is 0 Å². The standard InChI is InChI=1S/C16H20O3/c1-11-7-12(2)9-15(8-11)19-14-5-3-13(4-6-14)10-16(17)18/h7-10,14H,3-6H2,1-2H3,(H,17,18). The molecule has 3 heteroatoms. The van der Waals surface area contributed by atoms with Crippen LogP contribution in [-0.4, -0.2) is 17.2 Å². The SMILES string of the molecule is Cc1cc(C)cc(OC2CCC(=CC(=O)O)CC2)c1. The predicted octanol–water partition coefficient (Wildman–Crippen LogP) is 3.64. The number of ether oxygens (including phenoxy) is 1. The van der Waals surface area contributed by atoms with E-state index in [0.29, 0.717) is 0 Å². The lowest BCUT2D eigenvalue weighted by Crippen LogP contribution is -2.21. The van der Waals surface area contributed by atoms with E-state index in [-0.39, 0.29) is 6.10 Å². The number of carboxylic acid groups (broad SMARTS) is 1. The molecular formula is C16H20O3. The third kappa shape index (κ3) is 4.12. The van der Waals surface area contributed by atoms with E-state index < -0.39 is 5.97 Å². The molecule has 1 aromatic carbocycles. The Balaban J connectivity index is 1.94. The number of hydrogen-bond donors (Lipinski definition) is 1. The van der Waals surface area contributed by atoms with E-state index in [9.17, 15) is 4.79 Å². The molecule has 0 amide bonds. The van der Waals surface area contributed by atoms with Crippen LogP contribution in [0.3, 0.4) is 0 Å². The van der Waals surface area contributed by atoms with E-state index in [0.717, 1.165) is 37.0 Å². The molecular weight excluding hydrogens is 240 g/mol. The van der Waals surface area contributed by atoms with Crippen molar-refractivity contribution in [3.05, 3.63) is 41.0 Å². The maximum absolute atomic E-state index is 10.6. The Hall–Kier alpha value is -1.77. The second-order valence-electron chi connectivity index (χ2n) is 5.28. The van der Waals surface area contributed by atoms with Crippen LogP contribution in [0.15, 0.2) is 29.8 Å². The van der Waals surface area contributed by atoms with Crippen LogP contribution in [0, 0.1) is 13.8 Å². The summed E-state index contributed by atoms with van der Waals surface area (Å²) in [7, 11) is 0. The number of allylic oxidation sites excluding steroid dienone is 1. The number of carboxylic acids is 1. The lowest BCUT2D eigenvalue weighted by atomic mass is 9.92. The fourth-order valence-electron chi connectivity index (χ4n) is 2.59. The molecule has 2 rings (SSSR count). The van der Waals surface area contributed by atoms with Gasteiger partial charge in [-0.15, -0.1) is 0 Å². The third-order valence-corrected chi connectivity index (χ3v) is 3.40. The van der Waals surface area contributed by atoms with E-state index in [1.165, 1.54) is 17.2 Å². The number of rotatable bonds is 3. The minimum Gasteiger partial charge on any atom is -0.490 e. The summed E-state index contributed by atoms with van der Waals surface area (Å²) in [6.45, 7) is 4.13. The molecule has 0 aromatic heterocycles. The Morgan fingerprint density at radius 3 is 2.32 bits per heavy atom. The molecule has 0 bridgehead atoms. The zero-order valence-corrected chi connectivity index (χ0v) is 11.5. The van der Waals surface area contributed by atoms with Crippen LogP contribution < -0.4 is 4.74 Å². The van der Waals surface area contributed by atoms with Gasteiger partial charge in [0.05, 0.1) is 6.10 Å². The number of benzene rings is 1. The molecule has 1 N–H and O–H groups in total. The molecule has 0 aliphatic heterocycles. The van der Waals surface area contributed by atoms with Gasteiger partial charge in [0, 0.05) is 6.08 Å². The minimum absolute atomic E-state index is 0.201. The van der Waals surface area contributed by atoms with Crippen molar-refractivity contribution in [3.63, 3.8) is 0 Å². The molecule has 0 unspecified atom stereocenters. The highest BCUT2D eigenvalue weighted by atomic mass is 16.5. The van der Waals surface area contributed by atoms with Crippen LogP contribution in [0.1, 0.15) is 36.8 Å². The van der Waals surface area contributed by atoms with Gasteiger partial charge in [-0.3, -0.25) is 0 Å². The minimum atomic E-state index is -0.844. The van der Waals surface area contributed by atoms with E-state index in [1.54, 1.807) is 0 Å². The van der Waals surface area contributed by atoms with Crippen LogP contribution in [0.25, 0.3) is 0 Å². The van der Waals surface area contributed by atoms with Gasteiger partial charge in [0.15, 0.2) is 0 Å². The largest absolute Gasteiger partial charge is 0.490 e. The van der Waals surface area contributed by atoms with Crippen molar-refractivity contribution in [3.8, 4) is 5.75 Å². The molecule has 1 aliphatic carbocycles. The van der Waals surface area contributed by atoms with Gasteiger partial charge in [-0.1, -0.05) is 11.6 Å². The first-order chi connectivity index (χ1) is 9.02. The molecule has 102 valence electrons. The average Bonchev–Trinajstić information content (AvgIpc) is 2.29. The molecule has 0 saturated heterocycles. The monoisotopic (exact) mass is 260 g/mol. The number of hydrogen-bond acceptors (Lipinski definition) is 2. The molecule has 0 atom stereocenters. The third-order valence-electron chi connectivity index (χ3n) is 3.40. The Morgan fingerprint density at radius 2 is 1.79 bits per heavy atom. The maximum Gasteiger partial charge on any atom is 0.328 e. The molecule has 1 fully saturated rings. The number of carbonyl (C=O) groups is 1. The summed E-state index contributed by atoms with van der Waals surface area (Å²) in [4.78, 5) is 10.6. The molecule has 3 nitrogen and oxygen atoms in total. The van der Waals surface area contributed by atoms with Gasteiger partial charge in [-0.2, -0.15) is 0 Å². The molecule has 19 heavy (non-hydrogen) atoms. The van der Waals surface area contributed by atoms with Crippen LogP contribution in [0.4, 0.5) is 0 Å². The van der Waals surface area contributed by atoms with Crippen LogP contribution in [-0.2, 0) is 4.79 Å². The average molecular weight is 260 g/mol. The highest BCUT2D eigenvalue weighted by Crippen LogP contribution is 2.27. The van der Waals surface area contributed by atoms with Crippen molar-refractivity contribution in [1.29, 1.82) is 0 Å². The maximum atomic E-state index is 10.6. The lowest BCUT2D eigenvalue weighted by molar-refractivity contribution is -0.131. The zero-order valence-electron chi connectivity index (χ0n) is 11.5. The predicted molar refractivity (Wildman–Crippen MR) is 74.5 cm³/mol. The van der Waals surface area contributed by atoms with Gasteiger partial charge in [-0.05, 0) is 62.8 Å². The highest BCUT2D eigenvalue weighted by molar-refractivity contribution is 5.80. The van der Waals surface area contributed by atoms with E-state index >= 15 is 0 Å².